The topological polar surface area (TPSA) is 60.4 Å². The summed E-state index contributed by atoms with van der Waals surface area (Å²) in [4.78, 5) is 17.3. The smallest absolute Gasteiger partial charge is 0.254 e. The maximum atomic E-state index is 12.4. The van der Waals surface area contributed by atoms with Crippen molar-refractivity contribution >= 4 is 28.2 Å². The number of benzene rings is 2. The van der Waals surface area contributed by atoms with Crippen molar-refractivity contribution in [3.63, 3.8) is 0 Å². The molecule has 124 valence electrons. The zero-order valence-corrected chi connectivity index (χ0v) is 14.1. The molecule has 0 fully saturated rings. The van der Waals surface area contributed by atoms with Crippen LogP contribution in [0.2, 0.25) is 0 Å². The summed E-state index contributed by atoms with van der Waals surface area (Å²) in [5, 5.41) is 6.78. The molecule has 2 aromatic heterocycles. The van der Waals surface area contributed by atoms with Gasteiger partial charge in [-0.2, -0.15) is 4.99 Å². The van der Waals surface area contributed by atoms with Crippen LogP contribution in [0.5, 0.6) is 0 Å². The van der Waals surface area contributed by atoms with E-state index < -0.39 is 0 Å². The summed E-state index contributed by atoms with van der Waals surface area (Å²) in [6.07, 6.45) is 2.07. The lowest BCUT2D eigenvalue weighted by Gasteiger charge is -2.02. The van der Waals surface area contributed by atoms with Gasteiger partial charge in [-0.15, -0.1) is 11.3 Å². The van der Waals surface area contributed by atoms with Gasteiger partial charge in [-0.1, -0.05) is 47.6 Å². The molecule has 0 spiro atoms. The van der Waals surface area contributed by atoms with Crippen LogP contribution in [-0.2, 0) is 17.8 Å². The van der Waals surface area contributed by atoms with Crippen LogP contribution in [0, 0.1) is 0 Å². The Balaban J connectivity index is 1.57. The highest BCUT2D eigenvalue weighted by atomic mass is 32.1. The lowest BCUT2D eigenvalue weighted by molar-refractivity contribution is -0.117. The number of amides is 1. The van der Waals surface area contributed by atoms with Crippen molar-refractivity contribution in [3.8, 4) is 0 Å². The summed E-state index contributed by atoms with van der Waals surface area (Å²) >= 11 is 1.44. The minimum Gasteiger partial charge on any atom is -0.356 e. The Kier molecular flexibility index (Phi) is 4.26. The number of hydrogen-bond donors (Lipinski definition) is 0. The number of carbonyl (C=O) groups excluding carboxylic acids is 1. The van der Waals surface area contributed by atoms with E-state index in [1.807, 2.05) is 58.6 Å². The van der Waals surface area contributed by atoms with Crippen molar-refractivity contribution < 1.29 is 9.32 Å². The number of thiazole rings is 1. The lowest BCUT2D eigenvalue weighted by atomic mass is 10.2. The first-order valence-corrected chi connectivity index (χ1v) is 8.76. The predicted molar refractivity (Wildman–Crippen MR) is 96.1 cm³/mol. The quantitative estimate of drug-likeness (QED) is 0.567. The number of nitrogens with zero attached hydrogens (tertiary/aromatic N) is 3. The Morgan fingerprint density at radius 3 is 2.80 bits per heavy atom. The van der Waals surface area contributed by atoms with E-state index in [4.69, 9.17) is 4.52 Å². The first-order chi connectivity index (χ1) is 12.3. The molecule has 0 aliphatic heterocycles. The molecule has 2 heterocycles. The highest BCUT2D eigenvalue weighted by molar-refractivity contribution is 7.07. The van der Waals surface area contributed by atoms with Gasteiger partial charge in [-0.05, 0) is 17.7 Å². The fraction of sp³-hybridized carbons (Fsp3) is 0.105. The summed E-state index contributed by atoms with van der Waals surface area (Å²) in [5.41, 5.74) is 2.47. The van der Waals surface area contributed by atoms with Crippen LogP contribution in [0.15, 0.2) is 75.7 Å². The average molecular weight is 349 g/mol. The molecule has 4 rings (SSSR count). The summed E-state index contributed by atoms with van der Waals surface area (Å²) in [6.45, 7) is 0.684. The second kappa shape index (κ2) is 6.86. The first-order valence-electron chi connectivity index (χ1n) is 7.88. The number of aromatic nitrogens is 2. The van der Waals surface area contributed by atoms with Crippen molar-refractivity contribution in [1.29, 1.82) is 0 Å². The van der Waals surface area contributed by atoms with Crippen molar-refractivity contribution in [2.75, 3.05) is 0 Å². The molecule has 0 atom stereocenters. The number of para-hydroxylation sites is 1. The van der Waals surface area contributed by atoms with Crippen molar-refractivity contribution in [2.45, 2.75) is 13.0 Å². The maximum Gasteiger partial charge on any atom is 0.254 e. The molecule has 0 saturated heterocycles. The van der Waals surface area contributed by atoms with E-state index in [1.54, 1.807) is 0 Å². The molecule has 4 aromatic rings. The third kappa shape index (κ3) is 3.44. The summed E-state index contributed by atoms with van der Waals surface area (Å²) in [5.74, 6) is -0.233. The maximum absolute atomic E-state index is 12.4. The first kappa shape index (κ1) is 15.5. The molecule has 2 aromatic carbocycles. The van der Waals surface area contributed by atoms with Crippen LogP contribution in [-0.4, -0.2) is 15.6 Å². The van der Waals surface area contributed by atoms with E-state index in [-0.39, 0.29) is 12.3 Å². The summed E-state index contributed by atoms with van der Waals surface area (Å²) < 4.78 is 7.21. The Morgan fingerprint density at radius 1 is 1.12 bits per heavy atom. The van der Waals surface area contributed by atoms with Crippen molar-refractivity contribution in [2.24, 2.45) is 4.99 Å². The molecular weight excluding hydrogens is 334 g/mol. The van der Waals surface area contributed by atoms with Gasteiger partial charge in [0.1, 0.15) is 5.69 Å². The van der Waals surface area contributed by atoms with Gasteiger partial charge >= 0.3 is 0 Å². The van der Waals surface area contributed by atoms with Crippen LogP contribution in [0.1, 0.15) is 11.3 Å². The van der Waals surface area contributed by atoms with Gasteiger partial charge < -0.3 is 9.09 Å². The molecule has 0 unspecified atom stereocenters. The summed E-state index contributed by atoms with van der Waals surface area (Å²) in [7, 11) is 0. The third-order valence-electron chi connectivity index (χ3n) is 3.85. The third-order valence-corrected chi connectivity index (χ3v) is 4.64. The highest BCUT2D eigenvalue weighted by Gasteiger charge is 2.11. The standard InChI is InChI=1S/C19H15N3O2S/c23-18(12-16-15-8-4-5-9-17(15)24-21-16)20-19-22(10-11-25-19)13-14-6-2-1-3-7-14/h1-11H,12-13H2. The van der Waals surface area contributed by atoms with Gasteiger partial charge in [0.15, 0.2) is 10.4 Å². The molecule has 1 amide bonds. The largest absolute Gasteiger partial charge is 0.356 e. The summed E-state index contributed by atoms with van der Waals surface area (Å²) in [6, 6.07) is 17.6. The van der Waals surface area contributed by atoms with Gasteiger partial charge in [-0.3, -0.25) is 4.79 Å². The van der Waals surface area contributed by atoms with E-state index in [1.165, 1.54) is 11.3 Å². The van der Waals surface area contributed by atoms with Gasteiger partial charge in [0, 0.05) is 23.5 Å². The van der Waals surface area contributed by atoms with Crippen molar-refractivity contribution in [1.82, 2.24) is 9.72 Å². The van der Waals surface area contributed by atoms with Gasteiger partial charge in [0.25, 0.3) is 5.91 Å². The molecule has 5 nitrogen and oxygen atoms in total. The minimum atomic E-state index is -0.233. The zero-order chi connectivity index (χ0) is 17.1. The molecule has 0 aliphatic rings. The molecular formula is C19H15N3O2S. The SMILES string of the molecule is O=C(Cc1noc2ccccc12)N=c1sccn1Cc1ccccc1. The van der Waals surface area contributed by atoms with Crippen molar-refractivity contribution in [3.05, 3.63) is 82.2 Å². The average Bonchev–Trinajstić information content (AvgIpc) is 3.23. The molecule has 0 bridgehead atoms. The number of hydrogen-bond acceptors (Lipinski definition) is 4. The minimum absolute atomic E-state index is 0.125. The Bertz CT molecular complexity index is 1080. The van der Waals surface area contributed by atoms with Crippen LogP contribution >= 0.6 is 11.3 Å². The van der Waals surface area contributed by atoms with Crippen LogP contribution in [0.4, 0.5) is 0 Å². The monoisotopic (exact) mass is 349 g/mol. The van der Waals surface area contributed by atoms with E-state index in [9.17, 15) is 4.79 Å². The fourth-order valence-electron chi connectivity index (χ4n) is 2.64. The molecule has 0 radical (unpaired) electrons. The molecule has 0 N–H and O–H groups in total. The second-order valence-electron chi connectivity index (χ2n) is 5.61. The van der Waals surface area contributed by atoms with E-state index >= 15 is 0 Å². The molecule has 0 aliphatic carbocycles. The van der Waals surface area contributed by atoms with Gasteiger partial charge in [-0.25, -0.2) is 0 Å². The molecule has 6 heteroatoms. The van der Waals surface area contributed by atoms with Crippen LogP contribution < -0.4 is 4.80 Å². The highest BCUT2D eigenvalue weighted by Crippen LogP contribution is 2.18. The Hall–Kier alpha value is -2.99. The number of carbonyl (C=O) groups is 1. The van der Waals surface area contributed by atoms with E-state index in [0.29, 0.717) is 22.6 Å². The fourth-order valence-corrected chi connectivity index (χ4v) is 3.39. The molecule has 0 saturated carbocycles. The Morgan fingerprint density at radius 2 is 1.92 bits per heavy atom. The lowest BCUT2D eigenvalue weighted by Crippen LogP contribution is -2.17. The predicted octanol–water partition coefficient (Wildman–Crippen LogP) is 3.41. The zero-order valence-electron chi connectivity index (χ0n) is 13.3. The second-order valence-corrected chi connectivity index (χ2v) is 6.48. The molecule has 25 heavy (non-hydrogen) atoms. The van der Waals surface area contributed by atoms with E-state index in [0.717, 1.165) is 10.9 Å². The van der Waals surface area contributed by atoms with Crippen LogP contribution in [0.25, 0.3) is 11.0 Å². The van der Waals surface area contributed by atoms with Gasteiger partial charge in [0.05, 0.1) is 6.42 Å². The van der Waals surface area contributed by atoms with E-state index in [2.05, 4.69) is 22.3 Å². The number of rotatable bonds is 4. The van der Waals surface area contributed by atoms with Gasteiger partial charge in [0.2, 0.25) is 0 Å². The van der Waals surface area contributed by atoms with Crippen LogP contribution in [0.3, 0.4) is 0 Å². The number of fused-ring (bicyclic) bond motifs is 1. The normalized spacial score (nSPS) is 11.9. The Labute approximate surface area is 147 Å².